The minimum Gasteiger partial charge on any atom is -0.480 e. The largest absolute Gasteiger partial charge is 0.480 e. The van der Waals surface area contributed by atoms with Crippen molar-refractivity contribution in [3.05, 3.63) is 35.9 Å². The standard InChI is InChI=1S/C14H17NO4S/c1-9(13(17)18)15-11(16)7-8-20-14-12(19-14)10-5-3-2-4-6-10/h2-6,9,12,14H,7-8H2,1H3,(H,15,16)(H,17,18)/t9-,12?,14?/m1/s1. The smallest absolute Gasteiger partial charge is 0.325 e. The Bertz CT molecular complexity index is 479. The van der Waals surface area contributed by atoms with Gasteiger partial charge in [-0.1, -0.05) is 30.3 Å². The molecule has 20 heavy (non-hydrogen) atoms. The van der Waals surface area contributed by atoms with E-state index in [0.717, 1.165) is 5.56 Å². The van der Waals surface area contributed by atoms with Gasteiger partial charge in [-0.15, -0.1) is 11.8 Å². The Morgan fingerprint density at radius 2 is 2.10 bits per heavy atom. The van der Waals surface area contributed by atoms with Crippen molar-refractivity contribution in [3.63, 3.8) is 0 Å². The zero-order valence-electron chi connectivity index (χ0n) is 11.1. The van der Waals surface area contributed by atoms with E-state index in [9.17, 15) is 9.59 Å². The Morgan fingerprint density at radius 3 is 2.75 bits per heavy atom. The summed E-state index contributed by atoms with van der Waals surface area (Å²) in [7, 11) is 0. The summed E-state index contributed by atoms with van der Waals surface area (Å²) >= 11 is 1.58. The van der Waals surface area contributed by atoms with E-state index in [4.69, 9.17) is 9.84 Å². The first-order valence-corrected chi connectivity index (χ1v) is 7.47. The Morgan fingerprint density at radius 1 is 1.40 bits per heavy atom. The molecule has 1 saturated heterocycles. The van der Waals surface area contributed by atoms with E-state index < -0.39 is 12.0 Å². The van der Waals surface area contributed by atoms with E-state index in [1.54, 1.807) is 11.8 Å². The molecule has 108 valence electrons. The van der Waals surface area contributed by atoms with Crippen molar-refractivity contribution in [2.45, 2.75) is 30.9 Å². The van der Waals surface area contributed by atoms with Crippen LogP contribution in [0.25, 0.3) is 0 Å². The van der Waals surface area contributed by atoms with Gasteiger partial charge in [-0.25, -0.2) is 0 Å². The second-order valence-electron chi connectivity index (χ2n) is 4.58. The number of hydrogen-bond donors (Lipinski definition) is 2. The molecule has 1 aromatic carbocycles. The average Bonchev–Trinajstić information content (AvgIpc) is 3.19. The highest BCUT2D eigenvalue weighted by Gasteiger charge is 2.40. The minimum absolute atomic E-state index is 0.0992. The quantitative estimate of drug-likeness (QED) is 0.750. The molecule has 6 heteroatoms. The summed E-state index contributed by atoms with van der Waals surface area (Å²) < 4.78 is 5.54. The molecular formula is C14H17NO4S. The molecule has 3 atom stereocenters. The average molecular weight is 295 g/mol. The van der Waals surface area contributed by atoms with E-state index in [1.165, 1.54) is 6.92 Å². The van der Waals surface area contributed by atoms with Crippen molar-refractivity contribution in [3.8, 4) is 0 Å². The third-order valence-electron chi connectivity index (χ3n) is 2.94. The first-order valence-electron chi connectivity index (χ1n) is 6.42. The van der Waals surface area contributed by atoms with Gasteiger partial charge in [0.2, 0.25) is 5.91 Å². The Labute approximate surface area is 121 Å². The maximum Gasteiger partial charge on any atom is 0.325 e. The van der Waals surface area contributed by atoms with Crippen molar-refractivity contribution >= 4 is 23.6 Å². The number of thioether (sulfide) groups is 1. The van der Waals surface area contributed by atoms with Crippen LogP contribution in [0.15, 0.2) is 30.3 Å². The normalized spacial score (nSPS) is 22.1. The van der Waals surface area contributed by atoms with Crippen LogP contribution in [0.4, 0.5) is 0 Å². The third-order valence-corrected chi connectivity index (χ3v) is 4.07. The lowest BCUT2D eigenvalue weighted by Crippen LogP contribution is -2.38. The van der Waals surface area contributed by atoms with E-state index in [0.29, 0.717) is 12.2 Å². The van der Waals surface area contributed by atoms with Crippen LogP contribution in [-0.2, 0) is 14.3 Å². The molecule has 2 rings (SSSR count). The molecule has 1 aromatic rings. The molecule has 0 saturated carbocycles. The fourth-order valence-electron chi connectivity index (χ4n) is 1.75. The topological polar surface area (TPSA) is 78.9 Å². The lowest BCUT2D eigenvalue weighted by atomic mass is 10.2. The lowest BCUT2D eigenvalue weighted by molar-refractivity contribution is -0.141. The second-order valence-corrected chi connectivity index (χ2v) is 5.79. The van der Waals surface area contributed by atoms with Crippen molar-refractivity contribution in [1.82, 2.24) is 5.32 Å². The van der Waals surface area contributed by atoms with Crippen molar-refractivity contribution < 1.29 is 19.4 Å². The summed E-state index contributed by atoms with van der Waals surface area (Å²) in [5.74, 6) is -0.656. The number of benzene rings is 1. The maximum absolute atomic E-state index is 11.5. The number of rotatable bonds is 7. The van der Waals surface area contributed by atoms with Crippen molar-refractivity contribution in [1.29, 1.82) is 0 Å². The van der Waals surface area contributed by atoms with Gasteiger partial charge in [0.15, 0.2) is 0 Å². The highest BCUT2D eigenvalue weighted by atomic mass is 32.2. The van der Waals surface area contributed by atoms with Gasteiger partial charge in [0.1, 0.15) is 17.6 Å². The van der Waals surface area contributed by atoms with Crippen LogP contribution >= 0.6 is 11.8 Å². The third kappa shape index (κ3) is 4.25. The summed E-state index contributed by atoms with van der Waals surface area (Å²) in [4.78, 5) is 22.1. The van der Waals surface area contributed by atoms with E-state index in [1.807, 2.05) is 30.3 Å². The Kier molecular flexibility index (Phi) is 5.03. The highest BCUT2D eigenvalue weighted by molar-refractivity contribution is 8.00. The van der Waals surface area contributed by atoms with Gasteiger partial charge >= 0.3 is 5.97 Å². The summed E-state index contributed by atoms with van der Waals surface area (Å²) in [6, 6.07) is 9.10. The van der Waals surface area contributed by atoms with E-state index >= 15 is 0 Å². The lowest BCUT2D eigenvalue weighted by Gasteiger charge is -2.08. The van der Waals surface area contributed by atoms with Crippen LogP contribution in [0.3, 0.4) is 0 Å². The van der Waals surface area contributed by atoms with Crippen LogP contribution in [0.5, 0.6) is 0 Å². The molecule has 1 fully saturated rings. The fourth-order valence-corrected chi connectivity index (χ4v) is 2.81. The predicted octanol–water partition coefficient (Wildman–Crippen LogP) is 1.80. The molecule has 0 aliphatic carbocycles. The van der Waals surface area contributed by atoms with Crippen molar-refractivity contribution in [2.24, 2.45) is 0 Å². The van der Waals surface area contributed by atoms with Gasteiger partial charge in [0.25, 0.3) is 0 Å². The van der Waals surface area contributed by atoms with Crippen LogP contribution in [0.2, 0.25) is 0 Å². The van der Waals surface area contributed by atoms with Crippen LogP contribution in [0, 0.1) is 0 Å². The molecule has 2 unspecified atom stereocenters. The molecule has 0 aromatic heterocycles. The van der Waals surface area contributed by atoms with Gasteiger partial charge in [0, 0.05) is 12.2 Å². The molecule has 1 heterocycles. The number of aliphatic carboxylic acids is 1. The maximum atomic E-state index is 11.5. The fraction of sp³-hybridized carbons (Fsp3) is 0.429. The number of epoxide rings is 1. The summed E-state index contributed by atoms with van der Waals surface area (Å²) in [5.41, 5.74) is 1.25. The van der Waals surface area contributed by atoms with Gasteiger partial charge < -0.3 is 15.2 Å². The zero-order chi connectivity index (χ0) is 14.5. The number of carboxylic acid groups (broad SMARTS) is 1. The molecule has 0 radical (unpaired) electrons. The van der Waals surface area contributed by atoms with Gasteiger partial charge in [-0.2, -0.15) is 0 Å². The minimum atomic E-state index is -1.03. The first kappa shape index (κ1) is 14.9. The summed E-state index contributed by atoms with van der Waals surface area (Å²) in [5, 5.41) is 11.1. The monoisotopic (exact) mass is 295 g/mol. The first-order chi connectivity index (χ1) is 9.58. The molecule has 0 bridgehead atoms. The molecule has 2 N–H and O–H groups in total. The summed E-state index contributed by atoms with van der Waals surface area (Å²) in [6.07, 6.45) is 0.408. The number of carbonyl (C=O) groups excluding carboxylic acids is 1. The molecular weight excluding hydrogens is 278 g/mol. The van der Waals surface area contributed by atoms with Gasteiger partial charge in [-0.05, 0) is 12.5 Å². The number of amides is 1. The Balaban J connectivity index is 1.63. The highest BCUT2D eigenvalue weighted by Crippen LogP contribution is 2.45. The van der Waals surface area contributed by atoms with Gasteiger partial charge in [0.05, 0.1) is 0 Å². The molecule has 1 aliphatic heterocycles. The number of carboxylic acids is 1. The number of ether oxygens (including phenoxy) is 1. The Hall–Kier alpha value is -1.53. The second kappa shape index (κ2) is 6.76. The van der Waals surface area contributed by atoms with E-state index in [2.05, 4.69) is 5.32 Å². The van der Waals surface area contributed by atoms with Crippen LogP contribution in [-0.4, -0.2) is 34.2 Å². The SMILES string of the molecule is C[C@@H](NC(=O)CCSC1OC1c1ccccc1)C(=O)O. The van der Waals surface area contributed by atoms with Crippen molar-refractivity contribution in [2.75, 3.05) is 5.75 Å². The summed E-state index contributed by atoms with van der Waals surface area (Å²) in [6.45, 7) is 1.45. The van der Waals surface area contributed by atoms with Gasteiger partial charge in [-0.3, -0.25) is 9.59 Å². The zero-order valence-corrected chi connectivity index (χ0v) is 11.9. The number of nitrogens with one attached hydrogen (secondary N) is 1. The number of hydrogen-bond acceptors (Lipinski definition) is 4. The molecule has 0 spiro atoms. The molecule has 5 nitrogen and oxygen atoms in total. The van der Waals surface area contributed by atoms with E-state index in [-0.39, 0.29) is 17.4 Å². The molecule has 1 amide bonds. The van der Waals surface area contributed by atoms with Crippen LogP contribution in [0.1, 0.15) is 25.0 Å². The molecule has 1 aliphatic rings. The van der Waals surface area contributed by atoms with Crippen LogP contribution < -0.4 is 5.32 Å². The number of carbonyl (C=O) groups is 2. The predicted molar refractivity (Wildman–Crippen MR) is 76.4 cm³/mol.